The lowest BCUT2D eigenvalue weighted by molar-refractivity contribution is 0.565. The second kappa shape index (κ2) is 8.49. The van der Waals surface area contributed by atoms with Crippen molar-refractivity contribution >= 4 is 10.8 Å². The molecule has 0 spiro atoms. The fraction of sp³-hybridized carbons (Fsp3) is 0.625. The van der Waals surface area contributed by atoms with Gasteiger partial charge in [0.1, 0.15) is 0 Å². The Bertz CT molecular complexity index is 403. The lowest BCUT2D eigenvalue weighted by Gasteiger charge is -2.21. The highest BCUT2D eigenvalue weighted by molar-refractivity contribution is 7.85. The average Bonchev–Trinajstić information content (AvgIpc) is 2.34. The van der Waals surface area contributed by atoms with Gasteiger partial charge in [-0.15, -0.1) is 0 Å². The zero-order chi connectivity index (χ0) is 14.3. The first-order valence-corrected chi connectivity index (χ1v) is 8.67. The number of rotatable bonds is 8. The van der Waals surface area contributed by atoms with Crippen molar-refractivity contribution < 1.29 is 4.21 Å². The van der Waals surface area contributed by atoms with E-state index in [2.05, 4.69) is 57.3 Å². The maximum absolute atomic E-state index is 12.2. The SMILES string of the molecule is CCCNC(CS(=O)CC(C)C)c1ccccc1C. The molecule has 0 aliphatic rings. The number of benzene rings is 1. The number of aryl methyl sites for hydroxylation is 1. The summed E-state index contributed by atoms with van der Waals surface area (Å²) in [6.07, 6.45) is 1.10. The van der Waals surface area contributed by atoms with Gasteiger partial charge in [0.25, 0.3) is 0 Å². The minimum atomic E-state index is -0.755. The Morgan fingerprint density at radius 2 is 1.89 bits per heavy atom. The second-order valence-electron chi connectivity index (χ2n) is 5.53. The molecule has 1 aromatic carbocycles. The van der Waals surface area contributed by atoms with Crippen LogP contribution in [-0.2, 0) is 10.8 Å². The van der Waals surface area contributed by atoms with Crippen LogP contribution in [0.3, 0.4) is 0 Å². The van der Waals surface area contributed by atoms with Crippen molar-refractivity contribution in [2.75, 3.05) is 18.1 Å². The summed E-state index contributed by atoms with van der Waals surface area (Å²) >= 11 is 0. The maximum Gasteiger partial charge on any atom is 0.0439 e. The Morgan fingerprint density at radius 1 is 1.21 bits per heavy atom. The van der Waals surface area contributed by atoms with Crippen LogP contribution in [0.25, 0.3) is 0 Å². The molecule has 1 aromatic rings. The third-order valence-corrected chi connectivity index (χ3v) is 4.82. The molecule has 0 heterocycles. The quantitative estimate of drug-likeness (QED) is 0.791. The Hall–Kier alpha value is -0.670. The van der Waals surface area contributed by atoms with Crippen molar-refractivity contribution in [2.24, 2.45) is 5.92 Å². The van der Waals surface area contributed by atoms with Crippen LogP contribution < -0.4 is 5.32 Å². The molecule has 19 heavy (non-hydrogen) atoms. The normalized spacial score (nSPS) is 14.6. The van der Waals surface area contributed by atoms with Gasteiger partial charge in [-0.25, -0.2) is 0 Å². The van der Waals surface area contributed by atoms with Gasteiger partial charge in [-0.1, -0.05) is 45.0 Å². The highest BCUT2D eigenvalue weighted by Crippen LogP contribution is 2.19. The molecule has 0 saturated heterocycles. The molecule has 0 fully saturated rings. The predicted octanol–water partition coefficient (Wildman–Crippen LogP) is 3.44. The van der Waals surface area contributed by atoms with Crippen LogP contribution in [0.4, 0.5) is 0 Å². The molecule has 0 amide bonds. The Labute approximate surface area is 120 Å². The van der Waals surface area contributed by atoms with E-state index in [1.807, 2.05) is 0 Å². The zero-order valence-electron chi connectivity index (χ0n) is 12.6. The van der Waals surface area contributed by atoms with E-state index in [0.29, 0.717) is 11.7 Å². The van der Waals surface area contributed by atoms with Gasteiger partial charge < -0.3 is 5.32 Å². The Morgan fingerprint density at radius 3 is 2.47 bits per heavy atom. The standard InChI is InChI=1S/C16H27NOS/c1-5-10-17-16(12-19(18)11-13(2)3)15-9-7-6-8-14(15)4/h6-9,13,16-17H,5,10-12H2,1-4H3. The highest BCUT2D eigenvalue weighted by Gasteiger charge is 2.16. The largest absolute Gasteiger partial charge is 0.309 e. The van der Waals surface area contributed by atoms with E-state index in [-0.39, 0.29) is 6.04 Å². The van der Waals surface area contributed by atoms with Crippen LogP contribution in [0.5, 0.6) is 0 Å². The van der Waals surface area contributed by atoms with E-state index in [4.69, 9.17) is 0 Å². The minimum Gasteiger partial charge on any atom is -0.309 e. The number of hydrogen-bond donors (Lipinski definition) is 1. The van der Waals surface area contributed by atoms with Gasteiger partial charge in [0.2, 0.25) is 0 Å². The Kier molecular flexibility index (Phi) is 7.32. The number of nitrogens with one attached hydrogen (secondary N) is 1. The van der Waals surface area contributed by atoms with Gasteiger partial charge in [-0.2, -0.15) is 0 Å². The van der Waals surface area contributed by atoms with Crippen molar-refractivity contribution in [1.29, 1.82) is 0 Å². The third-order valence-electron chi connectivity index (χ3n) is 3.08. The molecule has 2 unspecified atom stereocenters. The van der Waals surface area contributed by atoms with E-state index >= 15 is 0 Å². The minimum absolute atomic E-state index is 0.209. The van der Waals surface area contributed by atoms with Gasteiger partial charge in [-0.3, -0.25) is 4.21 Å². The summed E-state index contributed by atoms with van der Waals surface area (Å²) in [6, 6.07) is 8.60. The summed E-state index contributed by atoms with van der Waals surface area (Å²) in [5.74, 6) is 1.99. The second-order valence-corrected chi connectivity index (χ2v) is 7.08. The summed E-state index contributed by atoms with van der Waals surface area (Å²) < 4.78 is 12.2. The van der Waals surface area contributed by atoms with Gasteiger partial charge in [-0.05, 0) is 36.9 Å². The van der Waals surface area contributed by atoms with Crippen LogP contribution >= 0.6 is 0 Å². The van der Waals surface area contributed by atoms with Crippen LogP contribution in [0.1, 0.15) is 44.4 Å². The van der Waals surface area contributed by atoms with E-state index in [0.717, 1.165) is 18.7 Å². The summed E-state index contributed by atoms with van der Waals surface area (Å²) in [7, 11) is -0.755. The topological polar surface area (TPSA) is 29.1 Å². The first-order valence-electron chi connectivity index (χ1n) is 7.18. The first-order chi connectivity index (χ1) is 9.04. The van der Waals surface area contributed by atoms with E-state index in [1.165, 1.54) is 11.1 Å². The molecular formula is C16H27NOS. The lowest BCUT2D eigenvalue weighted by Crippen LogP contribution is -2.28. The van der Waals surface area contributed by atoms with Crippen molar-refractivity contribution in [3.05, 3.63) is 35.4 Å². The van der Waals surface area contributed by atoms with Crippen LogP contribution in [-0.4, -0.2) is 22.3 Å². The summed E-state index contributed by atoms with van der Waals surface area (Å²) in [5.41, 5.74) is 2.56. The smallest absolute Gasteiger partial charge is 0.0439 e. The van der Waals surface area contributed by atoms with Crippen molar-refractivity contribution in [3.63, 3.8) is 0 Å². The third kappa shape index (κ3) is 5.87. The molecule has 0 aromatic heterocycles. The van der Waals surface area contributed by atoms with Gasteiger partial charge in [0.15, 0.2) is 0 Å². The number of hydrogen-bond acceptors (Lipinski definition) is 2. The van der Waals surface area contributed by atoms with Gasteiger partial charge in [0.05, 0.1) is 0 Å². The molecule has 1 N–H and O–H groups in total. The molecular weight excluding hydrogens is 254 g/mol. The van der Waals surface area contributed by atoms with E-state index in [9.17, 15) is 4.21 Å². The molecule has 0 bridgehead atoms. The predicted molar refractivity (Wildman–Crippen MR) is 84.9 cm³/mol. The highest BCUT2D eigenvalue weighted by atomic mass is 32.2. The summed E-state index contributed by atoms with van der Waals surface area (Å²) in [6.45, 7) is 9.51. The summed E-state index contributed by atoms with van der Waals surface area (Å²) in [4.78, 5) is 0. The average molecular weight is 281 g/mol. The first kappa shape index (κ1) is 16.4. The zero-order valence-corrected chi connectivity index (χ0v) is 13.4. The maximum atomic E-state index is 12.2. The molecule has 0 aliphatic heterocycles. The van der Waals surface area contributed by atoms with Crippen LogP contribution in [0.15, 0.2) is 24.3 Å². The van der Waals surface area contributed by atoms with Gasteiger partial charge in [0, 0.05) is 28.3 Å². The van der Waals surface area contributed by atoms with Crippen molar-refractivity contribution in [3.8, 4) is 0 Å². The molecule has 2 nitrogen and oxygen atoms in total. The molecule has 3 heteroatoms. The summed E-state index contributed by atoms with van der Waals surface area (Å²) in [5, 5.41) is 3.54. The molecule has 2 atom stereocenters. The van der Waals surface area contributed by atoms with Crippen molar-refractivity contribution in [1.82, 2.24) is 5.32 Å². The fourth-order valence-corrected chi connectivity index (χ4v) is 3.73. The molecule has 1 rings (SSSR count). The molecule has 0 radical (unpaired) electrons. The fourth-order valence-electron chi connectivity index (χ4n) is 2.18. The van der Waals surface area contributed by atoms with Crippen LogP contribution in [0.2, 0.25) is 0 Å². The van der Waals surface area contributed by atoms with E-state index < -0.39 is 10.8 Å². The van der Waals surface area contributed by atoms with E-state index in [1.54, 1.807) is 0 Å². The monoisotopic (exact) mass is 281 g/mol. The lowest BCUT2D eigenvalue weighted by atomic mass is 10.0. The van der Waals surface area contributed by atoms with Gasteiger partial charge >= 0.3 is 0 Å². The van der Waals surface area contributed by atoms with Crippen LogP contribution in [0, 0.1) is 12.8 Å². The molecule has 0 aliphatic carbocycles. The van der Waals surface area contributed by atoms with Crippen molar-refractivity contribution in [2.45, 2.75) is 40.2 Å². The Balaban J connectivity index is 2.77. The molecule has 0 saturated carbocycles. The molecule has 108 valence electrons.